The average Bonchev–Trinajstić information content (AvgIpc) is 2.45. The van der Waals surface area contributed by atoms with Crippen LogP contribution in [0.4, 0.5) is 18.9 Å². The van der Waals surface area contributed by atoms with Crippen molar-refractivity contribution in [1.29, 1.82) is 0 Å². The van der Waals surface area contributed by atoms with E-state index in [1.807, 2.05) is 20.8 Å². The highest BCUT2D eigenvalue weighted by Gasteiger charge is 2.30. The molecule has 0 saturated heterocycles. The Morgan fingerprint density at radius 2 is 1.79 bits per heavy atom. The van der Waals surface area contributed by atoms with Crippen LogP contribution in [0.2, 0.25) is 0 Å². The van der Waals surface area contributed by atoms with Gasteiger partial charge in [-0.1, -0.05) is 13.8 Å². The minimum Gasteiger partial charge on any atom is -0.406 e. The number of benzene rings is 1. The van der Waals surface area contributed by atoms with Crippen LogP contribution in [0.5, 0.6) is 5.75 Å². The van der Waals surface area contributed by atoms with E-state index in [4.69, 9.17) is 0 Å². The van der Waals surface area contributed by atoms with E-state index in [2.05, 4.69) is 15.4 Å². The predicted molar refractivity (Wildman–Crippen MR) is 84.7 cm³/mol. The van der Waals surface area contributed by atoms with E-state index in [0.29, 0.717) is 12.2 Å². The summed E-state index contributed by atoms with van der Waals surface area (Å²) in [5.74, 6) is -0.507. The van der Waals surface area contributed by atoms with Gasteiger partial charge in [-0.3, -0.25) is 4.79 Å². The molecule has 2 unspecified atom stereocenters. The van der Waals surface area contributed by atoms with E-state index in [1.165, 1.54) is 12.1 Å². The number of hydrogen-bond donors (Lipinski definition) is 3. The molecule has 24 heavy (non-hydrogen) atoms. The summed E-state index contributed by atoms with van der Waals surface area (Å²) in [6, 6.07) is 4.78. The third-order valence-electron chi connectivity index (χ3n) is 3.31. The van der Waals surface area contributed by atoms with Gasteiger partial charge in [0.1, 0.15) is 5.75 Å². The predicted octanol–water partition coefficient (Wildman–Crippen LogP) is 2.91. The molecule has 0 saturated carbocycles. The molecule has 3 N–H and O–H groups in total. The molecule has 5 nitrogen and oxygen atoms in total. The van der Waals surface area contributed by atoms with E-state index in [0.717, 1.165) is 12.1 Å². The fraction of sp³-hybridized carbons (Fsp3) is 0.562. The summed E-state index contributed by atoms with van der Waals surface area (Å²) in [6.07, 6.45) is -5.06. The highest BCUT2D eigenvalue weighted by atomic mass is 19.4. The van der Waals surface area contributed by atoms with Crippen molar-refractivity contribution in [1.82, 2.24) is 5.32 Å². The van der Waals surface area contributed by atoms with Crippen LogP contribution in [0.1, 0.15) is 27.2 Å². The monoisotopic (exact) mass is 348 g/mol. The maximum atomic E-state index is 12.1. The van der Waals surface area contributed by atoms with Gasteiger partial charge >= 0.3 is 6.36 Å². The zero-order valence-corrected chi connectivity index (χ0v) is 13.9. The molecule has 0 spiro atoms. The molecule has 0 aliphatic rings. The molecule has 1 amide bonds. The third kappa shape index (κ3) is 8.16. The summed E-state index contributed by atoms with van der Waals surface area (Å²) in [5, 5.41) is 15.4. The summed E-state index contributed by atoms with van der Waals surface area (Å²) in [5.41, 5.74) is 0.379. The number of amides is 1. The molecule has 136 valence electrons. The molecule has 0 aliphatic carbocycles. The number of halogens is 3. The van der Waals surface area contributed by atoms with Gasteiger partial charge in [0, 0.05) is 24.7 Å². The van der Waals surface area contributed by atoms with Gasteiger partial charge in [0.2, 0.25) is 5.91 Å². The van der Waals surface area contributed by atoms with Gasteiger partial charge in [-0.25, -0.2) is 0 Å². The minimum absolute atomic E-state index is 0.121. The number of aliphatic hydroxyl groups excluding tert-OH is 1. The van der Waals surface area contributed by atoms with Gasteiger partial charge in [0.05, 0.1) is 6.10 Å². The van der Waals surface area contributed by atoms with Crippen molar-refractivity contribution in [2.45, 2.75) is 45.7 Å². The SMILES string of the molecule is CC(CC(=O)Nc1ccc(OC(F)(F)F)cc1)NCC(O)C(C)C. The maximum Gasteiger partial charge on any atom is 0.573 e. The molecular weight excluding hydrogens is 325 g/mol. The van der Waals surface area contributed by atoms with Gasteiger partial charge in [0.25, 0.3) is 0 Å². The van der Waals surface area contributed by atoms with Crippen molar-refractivity contribution in [2.75, 3.05) is 11.9 Å². The molecule has 0 aliphatic heterocycles. The van der Waals surface area contributed by atoms with Crippen molar-refractivity contribution in [3.63, 3.8) is 0 Å². The smallest absolute Gasteiger partial charge is 0.406 e. The van der Waals surface area contributed by atoms with E-state index in [1.54, 1.807) is 0 Å². The Labute approximate surface area is 139 Å². The molecule has 0 aromatic heterocycles. The van der Waals surface area contributed by atoms with Crippen LogP contribution < -0.4 is 15.4 Å². The lowest BCUT2D eigenvalue weighted by atomic mass is 10.1. The number of aliphatic hydroxyl groups is 1. The Morgan fingerprint density at radius 3 is 2.29 bits per heavy atom. The Hall–Kier alpha value is -1.80. The van der Waals surface area contributed by atoms with Crippen LogP contribution in [0.15, 0.2) is 24.3 Å². The zero-order valence-electron chi connectivity index (χ0n) is 13.9. The molecule has 1 rings (SSSR count). The maximum absolute atomic E-state index is 12.1. The average molecular weight is 348 g/mol. The van der Waals surface area contributed by atoms with Crippen LogP contribution in [0, 0.1) is 5.92 Å². The molecular formula is C16H23F3N2O3. The number of carbonyl (C=O) groups is 1. The van der Waals surface area contributed by atoms with Crippen molar-refractivity contribution < 1.29 is 27.8 Å². The molecule has 1 aromatic rings. The summed E-state index contributed by atoms with van der Waals surface area (Å²) in [7, 11) is 0. The molecule has 0 bridgehead atoms. The lowest BCUT2D eigenvalue weighted by molar-refractivity contribution is -0.274. The topological polar surface area (TPSA) is 70.6 Å². The second kappa shape index (κ2) is 8.89. The molecule has 0 fully saturated rings. The highest BCUT2D eigenvalue weighted by molar-refractivity contribution is 5.91. The first-order valence-electron chi connectivity index (χ1n) is 7.64. The summed E-state index contributed by atoms with van der Waals surface area (Å²) < 4.78 is 39.9. The van der Waals surface area contributed by atoms with E-state index >= 15 is 0 Å². The van der Waals surface area contributed by atoms with E-state index in [-0.39, 0.29) is 30.0 Å². The standard InChI is InChI=1S/C16H23F3N2O3/c1-10(2)14(22)9-20-11(3)8-15(23)21-12-4-6-13(7-5-12)24-16(17,18)19/h4-7,10-11,14,20,22H,8-9H2,1-3H3,(H,21,23). The van der Waals surface area contributed by atoms with Gasteiger partial charge in [0.15, 0.2) is 0 Å². The summed E-state index contributed by atoms with van der Waals surface area (Å²) in [6.45, 7) is 5.99. The number of carbonyl (C=O) groups excluding carboxylic acids is 1. The molecule has 2 atom stereocenters. The first kappa shape index (κ1) is 20.2. The number of anilines is 1. The summed E-state index contributed by atoms with van der Waals surface area (Å²) >= 11 is 0. The zero-order chi connectivity index (χ0) is 18.3. The second-order valence-corrected chi connectivity index (χ2v) is 5.95. The van der Waals surface area contributed by atoms with Gasteiger partial charge in [-0.2, -0.15) is 0 Å². The minimum atomic E-state index is -4.74. The molecule has 0 radical (unpaired) electrons. The lowest BCUT2D eigenvalue weighted by Gasteiger charge is -2.19. The summed E-state index contributed by atoms with van der Waals surface area (Å²) in [4.78, 5) is 11.9. The van der Waals surface area contributed by atoms with Crippen LogP contribution in [0.3, 0.4) is 0 Å². The van der Waals surface area contributed by atoms with Gasteiger partial charge in [-0.05, 0) is 37.1 Å². The molecule has 0 heterocycles. The number of alkyl halides is 3. The van der Waals surface area contributed by atoms with Crippen LogP contribution in [0.25, 0.3) is 0 Å². The fourth-order valence-electron chi connectivity index (χ4n) is 1.86. The lowest BCUT2D eigenvalue weighted by Crippen LogP contribution is -2.38. The largest absolute Gasteiger partial charge is 0.573 e. The van der Waals surface area contributed by atoms with Crippen molar-refractivity contribution in [3.8, 4) is 5.75 Å². The number of ether oxygens (including phenoxy) is 1. The second-order valence-electron chi connectivity index (χ2n) is 5.95. The Morgan fingerprint density at radius 1 is 1.21 bits per heavy atom. The molecule has 1 aromatic carbocycles. The van der Waals surface area contributed by atoms with Gasteiger partial charge in [-0.15, -0.1) is 13.2 Å². The van der Waals surface area contributed by atoms with Crippen molar-refractivity contribution in [3.05, 3.63) is 24.3 Å². The third-order valence-corrected chi connectivity index (χ3v) is 3.31. The van der Waals surface area contributed by atoms with Crippen LogP contribution in [-0.2, 0) is 4.79 Å². The Bertz CT molecular complexity index is 518. The van der Waals surface area contributed by atoms with Crippen LogP contribution >= 0.6 is 0 Å². The van der Waals surface area contributed by atoms with Gasteiger partial charge < -0.3 is 20.5 Å². The first-order chi connectivity index (χ1) is 11.1. The van der Waals surface area contributed by atoms with E-state index in [9.17, 15) is 23.1 Å². The highest BCUT2D eigenvalue weighted by Crippen LogP contribution is 2.24. The molecule has 8 heteroatoms. The van der Waals surface area contributed by atoms with Crippen LogP contribution in [-0.4, -0.2) is 36.1 Å². The quantitative estimate of drug-likeness (QED) is 0.676. The first-order valence-corrected chi connectivity index (χ1v) is 7.64. The Kier molecular flexibility index (Phi) is 7.50. The fourth-order valence-corrected chi connectivity index (χ4v) is 1.86. The van der Waals surface area contributed by atoms with Crippen molar-refractivity contribution >= 4 is 11.6 Å². The number of hydrogen-bond acceptors (Lipinski definition) is 4. The van der Waals surface area contributed by atoms with Crippen molar-refractivity contribution in [2.24, 2.45) is 5.92 Å². The normalized spacial score (nSPS) is 14.3. The Balaban J connectivity index is 2.42. The number of nitrogens with one attached hydrogen (secondary N) is 2. The van der Waals surface area contributed by atoms with E-state index < -0.39 is 12.5 Å². The number of rotatable bonds is 8.